The molecule has 0 aliphatic heterocycles. The number of hydrogen-bond acceptors (Lipinski definition) is 2. The molecule has 1 aromatic carbocycles. The summed E-state index contributed by atoms with van der Waals surface area (Å²) in [6.45, 7) is 7.19. The first kappa shape index (κ1) is 15.1. The molecular weight excluding hydrogens is 262 g/mol. The van der Waals surface area contributed by atoms with Gasteiger partial charge < -0.3 is 10.1 Å². The van der Waals surface area contributed by atoms with Crippen molar-refractivity contribution in [2.24, 2.45) is 0 Å². The summed E-state index contributed by atoms with van der Waals surface area (Å²) in [7, 11) is 0. The van der Waals surface area contributed by atoms with E-state index < -0.39 is 0 Å². The monoisotopic (exact) mass is 283 g/mol. The summed E-state index contributed by atoms with van der Waals surface area (Å²) in [5, 5.41) is 2.82. The number of nitrogens with one attached hydrogen (secondary N) is 1. The molecule has 0 bridgehead atoms. The first-order chi connectivity index (χ1) is 10.2. The number of benzene rings is 1. The first-order valence-electron chi connectivity index (χ1n) is 7.26. The fourth-order valence-corrected chi connectivity index (χ4v) is 2.38. The van der Waals surface area contributed by atoms with Crippen molar-refractivity contribution in [1.29, 1.82) is 0 Å². The number of carbonyl (C=O) groups excluding carboxylic acids is 1. The van der Waals surface area contributed by atoms with Gasteiger partial charge in [-0.1, -0.05) is 31.4 Å². The van der Waals surface area contributed by atoms with Crippen molar-refractivity contribution in [1.82, 2.24) is 0 Å². The van der Waals surface area contributed by atoms with Gasteiger partial charge in [-0.3, -0.25) is 4.79 Å². The molecule has 3 nitrogen and oxygen atoms in total. The highest BCUT2D eigenvalue weighted by molar-refractivity contribution is 6.05. The number of amides is 1. The van der Waals surface area contributed by atoms with E-state index in [1.807, 2.05) is 24.3 Å². The average molecular weight is 283 g/mol. The second kappa shape index (κ2) is 7.48. The summed E-state index contributed by atoms with van der Waals surface area (Å²) in [4.78, 5) is 12.0. The number of hydrogen-bond donors (Lipinski definition) is 1. The van der Waals surface area contributed by atoms with Gasteiger partial charge in [0.05, 0.1) is 6.10 Å². The summed E-state index contributed by atoms with van der Waals surface area (Å²) in [6, 6.07) is 7.46. The molecule has 1 aliphatic carbocycles. The third-order valence-electron chi connectivity index (χ3n) is 3.50. The molecule has 0 aromatic heterocycles. The second-order valence-electron chi connectivity index (χ2n) is 5.06. The Kier molecular flexibility index (Phi) is 5.38. The number of ether oxygens (including phenoxy) is 1. The molecule has 1 fully saturated rings. The number of carbonyl (C=O) groups is 1. The lowest BCUT2D eigenvalue weighted by Gasteiger charge is -2.13. The van der Waals surface area contributed by atoms with Crippen LogP contribution in [0.15, 0.2) is 61.2 Å². The van der Waals surface area contributed by atoms with E-state index in [1.54, 1.807) is 12.2 Å². The minimum Gasteiger partial charge on any atom is -0.490 e. The predicted octanol–water partition coefficient (Wildman–Crippen LogP) is 4.24. The lowest BCUT2D eigenvalue weighted by atomic mass is 10.2. The largest absolute Gasteiger partial charge is 0.490 e. The van der Waals surface area contributed by atoms with Gasteiger partial charge in [-0.25, -0.2) is 0 Å². The van der Waals surface area contributed by atoms with Crippen LogP contribution in [0, 0.1) is 0 Å². The maximum atomic E-state index is 12.0. The van der Waals surface area contributed by atoms with E-state index in [1.165, 1.54) is 18.9 Å². The van der Waals surface area contributed by atoms with Crippen molar-refractivity contribution in [3.05, 3.63) is 61.2 Å². The fraction of sp³-hybridized carbons (Fsp3) is 0.278. The van der Waals surface area contributed by atoms with Crippen molar-refractivity contribution in [3.63, 3.8) is 0 Å². The van der Waals surface area contributed by atoms with E-state index in [-0.39, 0.29) is 5.91 Å². The van der Waals surface area contributed by atoms with E-state index in [0.29, 0.717) is 11.7 Å². The van der Waals surface area contributed by atoms with Crippen LogP contribution in [0.25, 0.3) is 0 Å². The van der Waals surface area contributed by atoms with Gasteiger partial charge in [0.15, 0.2) is 0 Å². The number of anilines is 1. The van der Waals surface area contributed by atoms with E-state index in [9.17, 15) is 4.79 Å². The standard InChI is InChI=1S/C18H21NO2/c1-3-7-14(4-2)18(20)19-15-10-12-17(13-11-15)21-16-8-5-6-9-16/h3-4,7,10-13,16H,1-2,5-6,8-9H2,(H,19,20)/b14-7+. The molecule has 21 heavy (non-hydrogen) atoms. The second-order valence-corrected chi connectivity index (χ2v) is 5.06. The van der Waals surface area contributed by atoms with Gasteiger partial charge in [0, 0.05) is 11.3 Å². The van der Waals surface area contributed by atoms with Gasteiger partial charge in [0.1, 0.15) is 5.75 Å². The quantitative estimate of drug-likeness (QED) is 0.626. The van der Waals surface area contributed by atoms with Crippen molar-refractivity contribution in [3.8, 4) is 5.75 Å². The molecule has 1 aliphatic rings. The van der Waals surface area contributed by atoms with Gasteiger partial charge in [0.2, 0.25) is 0 Å². The van der Waals surface area contributed by atoms with Crippen molar-refractivity contribution in [2.75, 3.05) is 5.32 Å². The van der Waals surface area contributed by atoms with Gasteiger partial charge >= 0.3 is 0 Å². The number of rotatable bonds is 6. The van der Waals surface area contributed by atoms with Gasteiger partial charge in [-0.05, 0) is 49.9 Å². The lowest BCUT2D eigenvalue weighted by molar-refractivity contribution is -0.112. The molecule has 2 rings (SSSR count). The molecule has 110 valence electrons. The van der Waals surface area contributed by atoms with Crippen LogP contribution in [0.2, 0.25) is 0 Å². The Morgan fingerprint density at radius 2 is 1.86 bits per heavy atom. The van der Waals surface area contributed by atoms with Crippen LogP contribution in [-0.2, 0) is 4.79 Å². The minimum absolute atomic E-state index is 0.200. The molecule has 1 aromatic rings. The highest BCUT2D eigenvalue weighted by Crippen LogP contribution is 2.25. The summed E-state index contributed by atoms with van der Waals surface area (Å²) in [5.74, 6) is 0.653. The fourth-order valence-electron chi connectivity index (χ4n) is 2.38. The van der Waals surface area contributed by atoms with E-state index in [2.05, 4.69) is 18.5 Å². The van der Waals surface area contributed by atoms with E-state index >= 15 is 0 Å². The molecule has 0 radical (unpaired) electrons. The van der Waals surface area contributed by atoms with Crippen LogP contribution in [0.1, 0.15) is 25.7 Å². The Labute approximate surface area is 126 Å². The highest BCUT2D eigenvalue weighted by Gasteiger charge is 2.16. The Morgan fingerprint density at radius 3 is 2.43 bits per heavy atom. The van der Waals surface area contributed by atoms with Crippen LogP contribution < -0.4 is 10.1 Å². The zero-order valence-electron chi connectivity index (χ0n) is 12.2. The van der Waals surface area contributed by atoms with Crippen LogP contribution in [0.5, 0.6) is 5.75 Å². The van der Waals surface area contributed by atoms with Crippen LogP contribution in [0.4, 0.5) is 5.69 Å². The average Bonchev–Trinajstić information content (AvgIpc) is 2.99. The SMILES string of the molecule is C=C/C=C(\C=C)C(=O)Nc1ccc(OC2CCCC2)cc1. The summed E-state index contributed by atoms with van der Waals surface area (Å²) < 4.78 is 5.89. The molecule has 3 heteroatoms. The van der Waals surface area contributed by atoms with Crippen LogP contribution >= 0.6 is 0 Å². The zero-order valence-corrected chi connectivity index (χ0v) is 12.2. The molecule has 0 atom stereocenters. The highest BCUT2D eigenvalue weighted by atomic mass is 16.5. The topological polar surface area (TPSA) is 38.3 Å². The maximum absolute atomic E-state index is 12.0. The van der Waals surface area contributed by atoms with E-state index in [0.717, 1.165) is 24.3 Å². The number of allylic oxidation sites excluding steroid dienone is 2. The lowest BCUT2D eigenvalue weighted by Crippen LogP contribution is -2.13. The third kappa shape index (κ3) is 4.35. The molecule has 0 heterocycles. The molecular formula is C18H21NO2. The Balaban J connectivity index is 1.95. The third-order valence-corrected chi connectivity index (χ3v) is 3.50. The van der Waals surface area contributed by atoms with Gasteiger partial charge in [-0.2, -0.15) is 0 Å². The van der Waals surface area contributed by atoms with Gasteiger partial charge in [0.25, 0.3) is 5.91 Å². The maximum Gasteiger partial charge on any atom is 0.255 e. The molecule has 1 amide bonds. The first-order valence-corrected chi connectivity index (χ1v) is 7.26. The summed E-state index contributed by atoms with van der Waals surface area (Å²) >= 11 is 0. The molecule has 0 saturated heterocycles. The van der Waals surface area contributed by atoms with Crippen molar-refractivity contribution < 1.29 is 9.53 Å². The molecule has 1 N–H and O–H groups in total. The normalized spacial score (nSPS) is 15.5. The van der Waals surface area contributed by atoms with Crippen LogP contribution in [0.3, 0.4) is 0 Å². The van der Waals surface area contributed by atoms with Crippen LogP contribution in [-0.4, -0.2) is 12.0 Å². The predicted molar refractivity (Wildman–Crippen MR) is 86.4 cm³/mol. The van der Waals surface area contributed by atoms with Crippen molar-refractivity contribution in [2.45, 2.75) is 31.8 Å². The Bertz CT molecular complexity index is 537. The summed E-state index contributed by atoms with van der Waals surface area (Å²) in [6.07, 6.45) is 9.80. The Morgan fingerprint density at radius 1 is 1.19 bits per heavy atom. The molecule has 1 saturated carbocycles. The van der Waals surface area contributed by atoms with E-state index in [4.69, 9.17) is 4.74 Å². The Hall–Kier alpha value is -2.29. The summed E-state index contributed by atoms with van der Waals surface area (Å²) in [5.41, 5.74) is 1.21. The molecule has 0 spiro atoms. The zero-order chi connectivity index (χ0) is 15.1. The van der Waals surface area contributed by atoms with Gasteiger partial charge in [-0.15, -0.1) is 0 Å². The molecule has 0 unspecified atom stereocenters. The smallest absolute Gasteiger partial charge is 0.255 e. The van der Waals surface area contributed by atoms with Crippen molar-refractivity contribution >= 4 is 11.6 Å². The minimum atomic E-state index is -0.200.